The molecule has 0 radical (unpaired) electrons. The summed E-state index contributed by atoms with van der Waals surface area (Å²) in [7, 11) is 0. The molecule has 0 aliphatic heterocycles. The molecule has 1 atom stereocenters. The molecule has 122 valence electrons. The molecule has 0 saturated heterocycles. The standard InChI is InChI=1S/C16H15F3N2O2/c1-15(2,3)13(14(22)23)21-7-6-10-11(21)5-4-9(8-20)12(10)16(17,18)19/h4-7,13H,1-3H3,(H,22,23). The number of aliphatic carboxylic acids is 1. The zero-order valence-corrected chi connectivity index (χ0v) is 12.8. The Labute approximate surface area is 130 Å². The lowest BCUT2D eigenvalue weighted by Gasteiger charge is -2.29. The molecule has 1 aromatic carbocycles. The van der Waals surface area contributed by atoms with E-state index in [9.17, 15) is 23.1 Å². The number of hydrogen-bond donors (Lipinski definition) is 1. The summed E-state index contributed by atoms with van der Waals surface area (Å²) in [5, 5.41) is 18.2. The molecule has 0 amide bonds. The Bertz CT molecular complexity index is 808. The fraction of sp³-hybridized carbons (Fsp3) is 0.375. The van der Waals surface area contributed by atoms with E-state index in [0.29, 0.717) is 0 Å². The van der Waals surface area contributed by atoms with Crippen LogP contribution in [0, 0.1) is 16.7 Å². The SMILES string of the molecule is CC(C)(C)C(C(=O)O)n1ccc2c(C(F)(F)F)c(C#N)ccc21. The van der Waals surface area contributed by atoms with Crippen LogP contribution in [0.2, 0.25) is 0 Å². The van der Waals surface area contributed by atoms with Crippen LogP contribution in [0.1, 0.15) is 37.9 Å². The summed E-state index contributed by atoms with van der Waals surface area (Å²) >= 11 is 0. The molecule has 1 heterocycles. The molecule has 1 unspecified atom stereocenters. The van der Waals surface area contributed by atoms with Crippen molar-refractivity contribution in [1.82, 2.24) is 4.57 Å². The highest BCUT2D eigenvalue weighted by Gasteiger charge is 2.38. The second-order valence-electron chi connectivity index (χ2n) is 6.36. The highest BCUT2D eigenvalue weighted by molar-refractivity contribution is 5.88. The van der Waals surface area contributed by atoms with Gasteiger partial charge in [0.25, 0.3) is 0 Å². The van der Waals surface area contributed by atoms with E-state index in [2.05, 4.69) is 0 Å². The zero-order valence-electron chi connectivity index (χ0n) is 12.8. The van der Waals surface area contributed by atoms with Crippen molar-refractivity contribution in [3.63, 3.8) is 0 Å². The molecule has 0 bridgehead atoms. The normalized spacial score (nSPS) is 13.8. The van der Waals surface area contributed by atoms with Gasteiger partial charge in [-0.1, -0.05) is 20.8 Å². The number of carbonyl (C=O) groups is 1. The molecular formula is C16H15F3N2O2. The molecule has 2 rings (SSSR count). The predicted molar refractivity (Wildman–Crippen MR) is 77.8 cm³/mol. The predicted octanol–water partition coefficient (Wildman–Crippen LogP) is 4.20. The summed E-state index contributed by atoms with van der Waals surface area (Å²) in [4.78, 5) is 11.6. The van der Waals surface area contributed by atoms with E-state index in [1.165, 1.54) is 22.9 Å². The van der Waals surface area contributed by atoms with E-state index in [4.69, 9.17) is 5.26 Å². The van der Waals surface area contributed by atoms with E-state index in [1.807, 2.05) is 0 Å². The summed E-state index contributed by atoms with van der Waals surface area (Å²) in [5.41, 5.74) is -2.08. The van der Waals surface area contributed by atoms with Crippen LogP contribution >= 0.6 is 0 Å². The largest absolute Gasteiger partial charge is 0.480 e. The van der Waals surface area contributed by atoms with E-state index in [1.54, 1.807) is 26.8 Å². The molecule has 23 heavy (non-hydrogen) atoms. The van der Waals surface area contributed by atoms with E-state index in [0.717, 1.165) is 6.07 Å². The number of rotatable bonds is 2. The van der Waals surface area contributed by atoms with Gasteiger partial charge in [-0.15, -0.1) is 0 Å². The number of carboxylic acids is 1. The van der Waals surface area contributed by atoms with Gasteiger partial charge in [-0.25, -0.2) is 4.79 Å². The van der Waals surface area contributed by atoms with Crippen LogP contribution in [0.5, 0.6) is 0 Å². The quantitative estimate of drug-likeness (QED) is 0.900. The highest BCUT2D eigenvalue weighted by atomic mass is 19.4. The zero-order chi connectivity index (χ0) is 17.6. The maximum absolute atomic E-state index is 13.3. The van der Waals surface area contributed by atoms with E-state index >= 15 is 0 Å². The van der Waals surface area contributed by atoms with Crippen molar-refractivity contribution in [2.24, 2.45) is 5.41 Å². The number of hydrogen-bond acceptors (Lipinski definition) is 2. The Morgan fingerprint density at radius 3 is 2.30 bits per heavy atom. The van der Waals surface area contributed by atoms with Crippen LogP contribution < -0.4 is 0 Å². The van der Waals surface area contributed by atoms with Crippen molar-refractivity contribution in [1.29, 1.82) is 5.26 Å². The first-order valence-corrected chi connectivity index (χ1v) is 6.82. The van der Waals surface area contributed by atoms with Gasteiger partial charge in [0, 0.05) is 17.1 Å². The average molecular weight is 324 g/mol. The molecule has 2 aromatic rings. The van der Waals surface area contributed by atoms with Crippen LogP contribution in [0.15, 0.2) is 24.4 Å². The molecule has 1 N–H and O–H groups in total. The summed E-state index contributed by atoms with van der Waals surface area (Å²) in [5.74, 6) is -1.13. The third kappa shape index (κ3) is 2.89. The summed E-state index contributed by atoms with van der Waals surface area (Å²) in [6.07, 6.45) is -3.37. The summed E-state index contributed by atoms with van der Waals surface area (Å²) in [6, 6.07) is 4.14. The Morgan fingerprint density at radius 1 is 1.26 bits per heavy atom. The minimum Gasteiger partial charge on any atom is -0.480 e. The van der Waals surface area contributed by atoms with Crippen LogP contribution in [0.25, 0.3) is 10.9 Å². The van der Waals surface area contributed by atoms with Gasteiger partial charge in [0.05, 0.1) is 17.2 Å². The van der Waals surface area contributed by atoms with Crippen molar-refractivity contribution in [3.05, 3.63) is 35.5 Å². The smallest absolute Gasteiger partial charge is 0.418 e. The van der Waals surface area contributed by atoms with Crippen LogP contribution in [-0.4, -0.2) is 15.6 Å². The fourth-order valence-corrected chi connectivity index (χ4v) is 2.77. The van der Waals surface area contributed by atoms with Crippen molar-refractivity contribution < 1.29 is 23.1 Å². The van der Waals surface area contributed by atoms with Gasteiger partial charge in [-0.3, -0.25) is 0 Å². The molecule has 0 spiro atoms. The highest BCUT2D eigenvalue weighted by Crippen LogP contribution is 2.40. The molecule has 4 nitrogen and oxygen atoms in total. The lowest BCUT2D eigenvalue weighted by Crippen LogP contribution is -2.31. The molecule has 0 aliphatic rings. The Morgan fingerprint density at radius 2 is 1.87 bits per heavy atom. The maximum Gasteiger partial charge on any atom is 0.418 e. The van der Waals surface area contributed by atoms with Crippen molar-refractivity contribution in [2.75, 3.05) is 0 Å². The number of nitrogens with zero attached hydrogens (tertiary/aromatic N) is 2. The number of aromatic nitrogens is 1. The third-order valence-electron chi connectivity index (χ3n) is 3.64. The van der Waals surface area contributed by atoms with Crippen LogP contribution in [0.3, 0.4) is 0 Å². The van der Waals surface area contributed by atoms with Gasteiger partial charge < -0.3 is 9.67 Å². The third-order valence-corrected chi connectivity index (χ3v) is 3.64. The minimum absolute atomic E-state index is 0.138. The van der Waals surface area contributed by atoms with E-state index < -0.39 is 34.7 Å². The van der Waals surface area contributed by atoms with Gasteiger partial charge >= 0.3 is 12.1 Å². The molecule has 0 saturated carbocycles. The number of halogens is 3. The number of fused-ring (bicyclic) bond motifs is 1. The molecule has 0 fully saturated rings. The summed E-state index contributed by atoms with van der Waals surface area (Å²) < 4.78 is 41.2. The topological polar surface area (TPSA) is 66.0 Å². The molecular weight excluding hydrogens is 309 g/mol. The molecule has 7 heteroatoms. The van der Waals surface area contributed by atoms with Crippen molar-refractivity contribution in [2.45, 2.75) is 33.0 Å². The van der Waals surface area contributed by atoms with Gasteiger partial charge in [-0.05, 0) is 23.6 Å². The van der Waals surface area contributed by atoms with Gasteiger partial charge in [0.1, 0.15) is 6.04 Å². The number of alkyl halides is 3. The van der Waals surface area contributed by atoms with Crippen LogP contribution in [0.4, 0.5) is 13.2 Å². The Kier molecular flexibility index (Phi) is 3.89. The van der Waals surface area contributed by atoms with Gasteiger partial charge in [-0.2, -0.15) is 18.4 Å². The number of benzene rings is 1. The minimum atomic E-state index is -4.70. The van der Waals surface area contributed by atoms with Crippen molar-refractivity contribution in [3.8, 4) is 6.07 Å². The lowest BCUT2D eigenvalue weighted by atomic mass is 9.86. The Hall–Kier alpha value is -2.49. The van der Waals surface area contributed by atoms with Gasteiger partial charge in [0.15, 0.2) is 0 Å². The second kappa shape index (κ2) is 5.30. The maximum atomic E-state index is 13.3. The lowest BCUT2D eigenvalue weighted by molar-refractivity contribution is -0.144. The fourth-order valence-electron chi connectivity index (χ4n) is 2.77. The molecule has 0 aliphatic carbocycles. The van der Waals surface area contributed by atoms with E-state index in [-0.39, 0.29) is 10.9 Å². The van der Waals surface area contributed by atoms with Gasteiger partial charge in [0.2, 0.25) is 0 Å². The monoisotopic (exact) mass is 324 g/mol. The second-order valence-corrected chi connectivity index (χ2v) is 6.36. The first-order chi connectivity index (χ1) is 10.5. The first kappa shape index (κ1) is 16.9. The average Bonchev–Trinajstić information content (AvgIpc) is 2.77. The summed E-state index contributed by atoms with van der Waals surface area (Å²) in [6.45, 7) is 5.10. The number of nitriles is 1. The Balaban J connectivity index is 2.82. The number of carboxylic acid groups (broad SMARTS) is 1. The first-order valence-electron chi connectivity index (χ1n) is 6.82. The van der Waals surface area contributed by atoms with Crippen molar-refractivity contribution >= 4 is 16.9 Å². The molecule has 1 aromatic heterocycles. The van der Waals surface area contributed by atoms with Crippen LogP contribution in [-0.2, 0) is 11.0 Å².